The number of benzene rings is 2. The number of hydrogen-bond acceptors (Lipinski definition) is 4. The van der Waals surface area contributed by atoms with Gasteiger partial charge in [0.2, 0.25) is 5.91 Å². The molecule has 0 fully saturated rings. The highest BCUT2D eigenvalue weighted by molar-refractivity contribution is 7.22. The van der Waals surface area contributed by atoms with E-state index in [0.717, 1.165) is 45.6 Å². The summed E-state index contributed by atoms with van der Waals surface area (Å²) in [5.41, 5.74) is 2.88. The van der Waals surface area contributed by atoms with Gasteiger partial charge in [-0.1, -0.05) is 23.5 Å². The van der Waals surface area contributed by atoms with Crippen LogP contribution in [0.4, 0.5) is 13.9 Å². The van der Waals surface area contributed by atoms with Crippen molar-refractivity contribution in [2.45, 2.75) is 13.3 Å². The van der Waals surface area contributed by atoms with Crippen LogP contribution < -0.4 is 5.32 Å². The van der Waals surface area contributed by atoms with E-state index in [9.17, 15) is 13.6 Å². The fourth-order valence-electron chi connectivity index (χ4n) is 2.64. The monoisotopic (exact) mass is 358 g/mol. The number of rotatable bonds is 3. The second-order valence-corrected chi connectivity index (χ2v) is 6.77. The Labute approximate surface area is 145 Å². The first-order chi connectivity index (χ1) is 12.0. The SMILES string of the molecule is Cc1ccc2c(CC(=O)Nc3nc4cc(F)c(F)cc4s3)coc2c1. The lowest BCUT2D eigenvalue weighted by atomic mass is 10.1. The number of hydrogen-bond donors (Lipinski definition) is 1. The van der Waals surface area contributed by atoms with E-state index < -0.39 is 11.6 Å². The molecule has 0 unspecified atom stereocenters. The fraction of sp³-hybridized carbons (Fsp3) is 0.111. The molecule has 4 nitrogen and oxygen atoms in total. The Morgan fingerprint density at radius 1 is 1.24 bits per heavy atom. The minimum atomic E-state index is -0.962. The lowest BCUT2D eigenvalue weighted by molar-refractivity contribution is -0.115. The predicted octanol–water partition coefficient (Wildman–Crippen LogP) is 4.81. The largest absolute Gasteiger partial charge is 0.464 e. The van der Waals surface area contributed by atoms with E-state index in [1.165, 1.54) is 0 Å². The van der Waals surface area contributed by atoms with Crippen LogP contribution in [0, 0.1) is 18.6 Å². The second kappa shape index (κ2) is 5.93. The Kier molecular flexibility index (Phi) is 3.73. The molecule has 2 heterocycles. The normalized spacial score (nSPS) is 11.3. The summed E-state index contributed by atoms with van der Waals surface area (Å²) in [6.45, 7) is 1.97. The number of anilines is 1. The minimum Gasteiger partial charge on any atom is -0.464 e. The first-order valence-electron chi connectivity index (χ1n) is 7.52. The smallest absolute Gasteiger partial charge is 0.230 e. The van der Waals surface area contributed by atoms with Gasteiger partial charge in [-0.3, -0.25) is 4.79 Å². The molecule has 2 aromatic carbocycles. The maximum atomic E-state index is 13.3. The number of carbonyl (C=O) groups is 1. The highest BCUT2D eigenvalue weighted by atomic mass is 32.1. The summed E-state index contributed by atoms with van der Waals surface area (Å²) in [6.07, 6.45) is 1.68. The molecule has 25 heavy (non-hydrogen) atoms. The van der Waals surface area contributed by atoms with Gasteiger partial charge in [0.15, 0.2) is 16.8 Å². The third-order valence-electron chi connectivity index (χ3n) is 3.84. The number of halogens is 2. The average Bonchev–Trinajstić information content (AvgIpc) is 3.11. The molecule has 4 rings (SSSR count). The topological polar surface area (TPSA) is 55.1 Å². The molecule has 7 heteroatoms. The van der Waals surface area contributed by atoms with Crippen molar-refractivity contribution in [1.82, 2.24) is 4.98 Å². The summed E-state index contributed by atoms with van der Waals surface area (Å²) in [6, 6.07) is 7.87. The van der Waals surface area contributed by atoms with E-state index in [-0.39, 0.29) is 12.3 Å². The van der Waals surface area contributed by atoms with Crippen molar-refractivity contribution in [3.8, 4) is 0 Å². The van der Waals surface area contributed by atoms with E-state index in [4.69, 9.17) is 4.42 Å². The van der Waals surface area contributed by atoms with Crippen molar-refractivity contribution in [2.75, 3.05) is 5.32 Å². The summed E-state index contributed by atoms with van der Waals surface area (Å²) in [5.74, 6) is -2.17. The van der Waals surface area contributed by atoms with Crippen molar-refractivity contribution in [1.29, 1.82) is 0 Å². The molecule has 0 bridgehead atoms. The zero-order valence-electron chi connectivity index (χ0n) is 13.1. The standard InChI is InChI=1S/C18H12F2N2O2S/c1-9-2-3-11-10(8-24-15(11)4-9)5-17(23)22-18-21-14-6-12(19)13(20)7-16(14)25-18/h2-4,6-8H,5H2,1H3,(H,21,22,23). The van der Waals surface area contributed by atoms with E-state index in [2.05, 4.69) is 10.3 Å². The fourth-order valence-corrected chi connectivity index (χ4v) is 3.53. The number of nitrogens with zero attached hydrogens (tertiary/aromatic N) is 1. The number of carbonyl (C=O) groups excluding carboxylic acids is 1. The van der Waals surface area contributed by atoms with Gasteiger partial charge in [0, 0.05) is 17.0 Å². The molecular formula is C18H12F2N2O2S. The summed E-state index contributed by atoms with van der Waals surface area (Å²) < 4.78 is 32.4. The molecule has 1 amide bonds. The average molecular weight is 358 g/mol. The van der Waals surface area contributed by atoms with Gasteiger partial charge < -0.3 is 9.73 Å². The molecule has 0 saturated heterocycles. The first kappa shape index (κ1) is 15.7. The van der Waals surface area contributed by atoms with Gasteiger partial charge in [0.25, 0.3) is 0 Å². The number of fused-ring (bicyclic) bond motifs is 2. The minimum absolute atomic E-state index is 0.120. The van der Waals surface area contributed by atoms with Crippen molar-refractivity contribution in [3.05, 3.63) is 59.4 Å². The summed E-state index contributed by atoms with van der Waals surface area (Å²) in [7, 11) is 0. The van der Waals surface area contributed by atoms with E-state index in [0.29, 0.717) is 15.3 Å². The van der Waals surface area contributed by atoms with Gasteiger partial charge in [-0.2, -0.15) is 0 Å². The highest BCUT2D eigenvalue weighted by Crippen LogP contribution is 2.28. The number of amides is 1. The van der Waals surface area contributed by atoms with Crippen LogP contribution in [0.1, 0.15) is 11.1 Å². The highest BCUT2D eigenvalue weighted by Gasteiger charge is 2.14. The number of thiazole rings is 1. The molecular weight excluding hydrogens is 346 g/mol. The van der Waals surface area contributed by atoms with Crippen molar-refractivity contribution in [2.24, 2.45) is 0 Å². The van der Waals surface area contributed by atoms with Crippen LogP contribution in [0.5, 0.6) is 0 Å². The quantitative estimate of drug-likeness (QED) is 0.572. The zero-order chi connectivity index (χ0) is 17.6. The lowest BCUT2D eigenvalue weighted by Crippen LogP contribution is -2.13. The Morgan fingerprint density at radius 2 is 2.04 bits per heavy atom. The van der Waals surface area contributed by atoms with Gasteiger partial charge in [-0.15, -0.1) is 0 Å². The Morgan fingerprint density at radius 3 is 2.88 bits per heavy atom. The van der Waals surface area contributed by atoms with E-state index in [1.54, 1.807) is 6.26 Å². The maximum absolute atomic E-state index is 13.3. The van der Waals surface area contributed by atoms with Crippen LogP contribution in [0.25, 0.3) is 21.2 Å². The van der Waals surface area contributed by atoms with Gasteiger partial charge in [-0.25, -0.2) is 13.8 Å². The third-order valence-corrected chi connectivity index (χ3v) is 4.77. The Bertz CT molecular complexity index is 1080. The zero-order valence-corrected chi connectivity index (χ0v) is 13.9. The molecule has 0 aliphatic heterocycles. The molecule has 0 saturated carbocycles. The van der Waals surface area contributed by atoms with E-state index >= 15 is 0 Å². The molecule has 1 N–H and O–H groups in total. The third kappa shape index (κ3) is 2.98. The molecule has 0 aliphatic carbocycles. The lowest BCUT2D eigenvalue weighted by Gasteiger charge is -2.00. The number of aromatic nitrogens is 1. The summed E-state index contributed by atoms with van der Waals surface area (Å²) in [4.78, 5) is 16.4. The van der Waals surface area contributed by atoms with Crippen LogP contribution in [-0.4, -0.2) is 10.9 Å². The summed E-state index contributed by atoms with van der Waals surface area (Å²) >= 11 is 1.09. The van der Waals surface area contributed by atoms with Crippen LogP contribution in [0.15, 0.2) is 41.0 Å². The maximum Gasteiger partial charge on any atom is 0.230 e. The second-order valence-electron chi connectivity index (χ2n) is 5.74. The van der Waals surface area contributed by atoms with Crippen molar-refractivity contribution in [3.63, 3.8) is 0 Å². The van der Waals surface area contributed by atoms with E-state index in [1.807, 2.05) is 25.1 Å². The summed E-state index contributed by atoms with van der Waals surface area (Å²) in [5, 5.41) is 3.85. The number of nitrogens with one attached hydrogen (secondary N) is 1. The molecule has 126 valence electrons. The molecule has 0 atom stereocenters. The van der Waals surface area contributed by atoms with Crippen LogP contribution >= 0.6 is 11.3 Å². The van der Waals surface area contributed by atoms with Crippen LogP contribution in [0.2, 0.25) is 0 Å². The van der Waals surface area contributed by atoms with Crippen molar-refractivity contribution >= 4 is 43.6 Å². The number of furan rings is 1. The van der Waals surface area contributed by atoms with Crippen molar-refractivity contribution < 1.29 is 18.0 Å². The van der Waals surface area contributed by atoms with Gasteiger partial charge in [-0.05, 0) is 24.6 Å². The Balaban J connectivity index is 1.55. The molecule has 0 radical (unpaired) electrons. The van der Waals surface area contributed by atoms with Gasteiger partial charge in [0.1, 0.15) is 5.58 Å². The van der Waals surface area contributed by atoms with Gasteiger partial charge >= 0.3 is 0 Å². The molecule has 4 aromatic rings. The predicted molar refractivity (Wildman–Crippen MR) is 92.8 cm³/mol. The number of aryl methyl sites for hydroxylation is 1. The van der Waals surface area contributed by atoms with Crippen LogP contribution in [-0.2, 0) is 11.2 Å². The Hall–Kier alpha value is -2.80. The van der Waals surface area contributed by atoms with Gasteiger partial charge in [0.05, 0.1) is 22.9 Å². The molecule has 0 aliphatic rings. The molecule has 2 aromatic heterocycles. The van der Waals surface area contributed by atoms with Crippen LogP contribution in [0.3, 0.4) is 0 Å². The first-order valence-corrected chi connectivity index (χ1v) is 8.33. The molecule has 0 spiro atoms.